The Morgan fingerprint density at radius 3 is 0.710 bits per heavy atom. The van der Waals surface area contributed by atoms with Crippen LogP contribution in [0.15, 0.2) is 99.2 Å². The summed E-state index contributed by atoms with van der Waals surface area (Å²) in [5.41, 5.74) is -1.72. The van der Waals surface area contributed by atoms with Crippen LogP contribution in [0.1, 0.15) is 163 Å². The summed E-state index contributed by atoms with van der Waals surface area (Å²) < 4.78 is 114. The van der Waals surface area contributed by atoms with Crippen molar-refractivity contribution in [2.24, 2.45) is 57.2 Å². The highest BCUT2D eigenvalue weighted by molar-refractivity contribution is 5.92. The Balaban J connectivity index is 0.000000789. The van der Waals surface area contributed by atoms with Gasteiger partial charge in [0.15, 0.2) is 52.9 Å². The number of carbonyl (C=O) groups is 24. The average molecular weight is 1970 g/mol. The quantitative estimate of drug-likeness (QED) is 0.0488. The van der Waals surface area contributed by atoms with Gasteiger partial charge >= 0.3 is 143 Å². The predicted octanol–water partition coefficient (Wildman–Crippen LogP) is 4.96. The summed E-state index contributed by atoms with van der Waals surface area (Å²) in [5.74, 6) is -16.4. The minimum absolute atomic E-state index is 0.177. The van der Waals surface area contributed by atoms with Gasteiger partial charge in [-0.05, 0) is 55.4 Å². The van der Waals surface area contributed by atoms with E-state index in [4.69, 9.17) is 75.8 Å². The highest BCUT2D eigenvalue weighted by Gasteiger charge is 2.49. The first-order valence-corrected chi connectivity index (χ1v) is 41.5. The number of esters is 24. The Bertz CT molecular complexity index is 4620. The average Bonchev–Trinajstić information content (AvgIpc) is 1.70. The molecule has 0 aliphatic carbocycles. The zero-order chi connectivity index (χ0) is 106. The fourth-order valence-electron chi connectivity index (χ4n) is 10.2. The molecule has 764 valence electrons. The first kappa shape index (κ1) is 121. The molecule has 0 spiro atoms. The molecule has 0 saturated carbocycles. The molecule has 8 aliphatic heterocycles. The Morgan fingerprint density at radius 1 is 0.304 bits per heavy atom. The van der Waals surface area contributed by atoms with E-state index in [0.29, 0.717) is 0 Å². The number of cyclic esters (lactones) is 8. The highest BCUT2D eigenvalue weighted by Crippen LogP contribution is 2.39. The van der Waals surface area contributed by atoms with Crippen LogP contribution >= 0.6 is 0 Å². The lowest BCUT2D eigenvalue weighted by Gasteiger charge is -2.22. The molecule has 8 saturated heterocycles. The lowest BCUT2D eigenvalue weighted by atomic mass is 9.91. The number of hydrogen-bond acceptors (Lipinski definition) is 48. The minimum Gasteiger partial charge on any atom is -0.451 e. The molecule has 48 heteroatoms. The molecule has 48 nitrogen and oxygen atoms in total. The molecule has 0 N–H and O–H groups in total. The van der Waals surface area contributed by atoms with Crippen LogP contribution in [0.5, 0.6) is 0 Å². The van der Waals surface area contributed by atoms with Crippen molar-refractivity contribution in [1.29, 1.82) is 0 Å². The summed E-state index contributed by atoms with van der Waals surface area (Å²) in [6.07, 6.45) is -2.21. The van der Waals surface area contributed by atoms with E-state index in [1.807, 2.05) is 0 Å². The van der Waals surface area contributed by atoms with Crippen LogP contribution in [0, 0.1) is 57.2 Å². The van der Waals surface area contributed by atoms with E-state index in [0.717, 1.165) is 24.3 Å². The van der Waals surface area contributed by atoms with Crippen molar-refractivity contribution in [3.8, 4) is 0 Å². The van der Waals surface area contributed by atoms with Crippen molar-refractivity contribution in [3.05, 3.63) is 99.2 Å². The fraction of sp³-hybridized carbons (Fsp3) is 0.556. The van der Waals surface area contributed by atoms with Crippen molar-refractivity contribution in [3.63, 3.8) is 0 Å². The zero-order valence-electron chi connectivity index (χ0n) is 79.5. The molecule has 8 aliphatic rings. The first-order chi connectivity index (χ1) is 63.8. The van der Waals surface area contributed by atoms with Crippen molar-refractivity contribution >= 4 is 143 Å². The van der Waals surface area contributed by atoms with Crippen LogP contribution < -0.4 is 0 Å². The van der Waals surface area contributed by atoms with Gasteiger partial charge in [0.2, 0.25) is 12.6 Å². The summed E-state index contributed by atoms with van der Waals surface area (Å²) >= 11 is 0. The van der Waals surface area contributed by atoms with Gasteiger partial charge in [0, 0.05) is 93.9 Å². The number of ether oxygens (including phenoxy) is 24. The zero-order valence-corrected chi connectivity index (χ0v) is 79.5. The van der Waals surface area contributed by atoms with Gasteiger partial charge in [0.25, 0.3) is 37.7 Å². The van der Waals surface area contributed by atoms with Gasteiger partial charge in [-0.2, -0.15) is 0 Å². The van der Waals surface area contributed by atoms with Crippen molar-refractivity contribution in [2.45, 2.75) is 213 Å². The van der Waals surface area contributed by atoms with E-state index in [1.54, 1.807) is 96.9 Å². The van der Waals surface area contributed by atoms with Crippen LogP contribution in [0.25, 0.3) is 0 Å². The van der Waals surface area contributed by atoms with Gasteiger partial charge in [-0.25, -0.2) is 76.7 Å². The lowest BCUT2D eigenvalue weighted by Crippen LogP contribution is -2.31. The third-order valence-electron chi connectivity index (χ3n) is 18.6. The second-order valence-corrected chi connectivity index (χ2v) is 33.4. The van der Waals surface area contributed by atoms with Crippen LogP contribution in [0.4, 0.5) is 0 Å². The van der Waals surface area contributed by atoms with Crippen LogP contribution in [0.3, 0.4) is 0 Å². The van der Waals surface area contributed by atoms with E-state index < -0.39 is 268 Å². The molecule has 0 radical (unpaired) electrons. The van der Waals surface area contributed by atoms with Crippen LogP contribution in [-0.2, 0) is 229 Å². The Hall–Kier alpha value is -14.8. The molecule has 0 aromatic carbocycles. The maximum Gasteiger partial charge on any atom is 0.347 e. The monoisotopic (exact) mass is 1960 g/mol. The van der Waals surface area contributed by atoms with Gasteiger partial charge in [-0.15, -0.1) is 0 Å². The van der Waals surface area contributed by atoms with Crippen molar-refractivity contribution < 1.29 is 229 Å². The molecule has 8 heterocycles. The standard InChI is InChI=1S/3C12H16O6.4C11H14O6.C10H12O6/c1-7(2)10(14)16-6-8(13)17-9-5-12(3,4)11(15)18-9;1-7(2)10(15)16-6-9(14)18-11-12(3,4)5-8(13)17-11;1-6(2)10(14)16-5-9(13)17-12-8(4)7(3)11(15)18-12;1-6(2)10(14)15-5-9(13)17-11-7(3)4-8(12)16-11;1-4-7(12)15-6-8(13)16-9-5-11(2,3)10(14)17-9;1-4-7(12)15-6-9(14)17-10-11(2,3)5-8(13)16-10;1-4-8(12)15-5-9(13)16-11-7(3)6(2)10(14)17-11;1-3-7(11)14-5-9(13)16-10-6(2)4-8(12)15-10/h9H,1,5-6H2,2-4H3;11H,1,5-6H2,2-4H3;7-8,12H,1,5H2,2-4H3;7,11H,1,4-5H2,2-3H3;4,9H,1,5-6H2,2-3H3;4,10H,1,5-6H2,2-3H3;4,6-7,11H,1,5H2,2-3H3;3,6,10H,1,4-5H2,2H3. The van der Waals surface area contributed by atoms with E-state index in [2.05, 4.69) is 90.5 Å². The molecule has 0 aromatic heterocycles. The Kier molecular flexibility index (Phi) is 50.2. The second-order valence-electron chi connectivity index (χ2n) is 33.4. The molecule has 0 aromatic rings. The maximum atomic E-state index is 11.4. The number of hydrogen-bond donors (Lipinski definition) is 0. The minimum atomic E-state index is -0.943. The molecular formula is C90H116O48. The van der Waals surface area contributed by atoms with E-state index in [9.17, 15) is 115 Å². The van der Waals surface area contributed by atoms with E-state index in [-0.39, 0.29) is 96.3 Å². The first-order valence-electron chi connectivity index (χ1n) is 41.5. The summed E-state index contributed by atoms with van der Waals surface area (Å²) in [4.78, 5) is 266. The summed E-state index contributed by atoms with van der Waals surface area (Å²) in [7, 11) is 0. The highest BCUT2D eigenvalue weighted by atomic mass is 16.8. The van der Waals surface area contributed by atoms with Crippen molar-refractivity contribution in [2.75, 3.05) is 52.9 Å². The van der Waals surface area contributed by atoms with Gasteiger partial charge in [-0.1, -0.05) is 122 Å². The number of carbonyl (C=O) groups excluding carboxylic acids is 24. The molecule has 0 amide bonds. The number of rotatable bonds is 32. The van der Waals surface area contributed by atoms with Gasteiger partial charge in [-0.3, -0.25) is 38.4 Å². The molecule has 138 heavy (non-hydrogen) atoms. The summed E-state index contributed by atoms with van der Waals surface area (Å²) in [6.45, 7) is 51.9. The van der Waals surface area contributed by atoms with Crippen LogP contribution in [-0.4, -0.2) is 246 Å². The topological polar surface area (TPSA) is 631 Å². The lowest BCUT2D eigenvalue weighted by molar-refractivity contribution is -0.193. The molecule has 0 bridgehead atoms. The molecule has 8 rings (SSSR count). The molecule has 14 unspecified atom stereocenters. The third kappa shape index (κ3) is 45.0. The third-order valence-corrected chi connectivity index (χ3v) is 18.6. The summed E-state index contributed by atoms with van der Waals surface area (Å²) in [5, 5.41) is 0. The fourth-order valence-corrected chi connectivity index (χ4v) is 10.2. The van der Waals surface area contributed by atoms with Gasteiger partial charge in [0.05, 0.1) is 48.3 Å². The molecule has 8 fully saturated rings. The smallest absolute Gasteiger partial charge is 0.347 e. The van der Waals surface area contributed by atoms with Gasteiger partial charge < -0.3 is 114 Å². The maximum absolute atomic E-state index is 11.4. The predicted molar refractivity (Wildman–Crippen MR) is 453 cm³/mol. The van der Waals surface area contributed by atoms with E-state index >= 15 is 0 Å². The Labute approximate surface area is 791 Å². The van der Waals surface area contributed by atoms with E-state index in [1.165, 1.54) is 27.7 Å². The van der Waals surface area contributed by atoms with Crippen molar-refractivity contribution in [1.82, 2.24) is 0 Å². The SMILES string of the molecule is C=C(C)C(=O)OCC(=O)OC1CC(C)(C)C(=O)O1.C=C(C)C(=O)OCC(=O)OC1OC(=O)C(C)C1C.C=C(C)C(=O)OCC(=O)OC1OC(=O)CC1(C)C.C=C(C)C(=O)OCC(=O)OC1OC(=O)CC1C.C=CC(=O)OCC(=O)OC1CC(C)(C)C(=O)O1.C=CC(=O)OCC(=O)OC1OC(=O)C(C)C1C.C=CC(=O)OCC(=O)OC1OC(=O)CC1(C)C.C=CC(=O)OCC(=O)OC1OC(=O)CC1C. The van der Waals surface area contributed by atoms with Crippen LogP contribution in [0.2, 0.25) is 0 Å². The molecular weight excluding hydrogens is 1850 g/mol. The molecule has 14 atom stereocenters. The largest absolute Gasteiger partial charge is 0.451 e. The normalized spacial score (nSPS) is 23.1. The van der Waals surface area contributed by atoms with Gasteiger partial charge in [0.1, 0.15) is 0 Å². The second kappa shape index (κ2) is 57.2. The Morgan fingerprint density at radius 2 is 0.529 bits per heavy atom. The summed E-state index contributed by atoms with van der Waals surface area (Å²) in [6, 6.07) is 0.